The molecule has 0 aliphatic carbocycles. The number of hydrogen-bond donors (Lipinski definition) is 3. The average Bonchev–Trinajstić information content (AvgIpc) is 2.29. The Morgan fingerprint density at radius 2 is 2.31 bits per heavy atom. The Morgan fingerprint density at radius 1 is 1.56 bits per heavy atom. The van der Waals surface area contributed by atoms with Gasteiger partial charge in [0.15, 0.2) is 0 Å². The zero-order valence-electron chi connectivity index (χ0n) is 8.41. The smallest absolute Gasteiger partial charge is 0.339 e. The summed E-state index contributed by atoms with van der Waals surface area (Å²) in [6.07, 6.45) is 1.73. The lowest BCUT2D eigenvalue weighted by atomic mass is 10.2. The maximum Gasteiger partial charge on any atom is 0.339 e. The molecule has 7 heteroatoms. The molecular weight excluding hydrogens is 232 g/mol. The molecule has 1 atom stereocenters. The molecule has 1 aromatic rings. The molecule has 1 heterocycles. The molecule has 1 unspecified atom stereocenters. The standard InChI is InChI=1S/C9H12N2O4S/c12-2-6(13)3-16-4-8-7(9(14)15)1-10-5-11-8/h1,5-6,12-13H,2-4H2,(H,14,15). The molecule has 3 N–H and O–H groups in total. The van der Waals surface area contributed by atoms with E-state index in [1.807, 2.05) is 0 Å². The van der Waals surface area contributed by atoms with Crippen molar-refractivity contribution >= 4 is 17.7 Å². The van der Waals surface area contributed by atoms with E-state index in [2.05, 4.69) is 9.97 Å². The van der Waals surface area contributed by atoms with Crippen LogP contribution in [0.15, 0.2) is 12.5 Å². The van der Waals surface area contributed by atoms with Gasteiger partial charge in [0.2, 0.25) is 0 Å². The van der Waals surface area contributed by atoms with Crippen LogP contribution in [0.5, 0.6) is 0 Å². The van der Waals surface area contributed by atoms with Crippen molar-refractivity contribution in [1.29, 1.82) is 0 Å². The van der Waals surface area contributed by atoms with Crippen molar-refractivity contribution in [3.8, 4) is 0 Å². The largest absolute Gasteiger partial charge is 0.478 e. The van der Waals surface area contributed by atoms with E-state index in [9.17, 15) is 4.79 Å². The van der Waals surface area contributed by atoms with Gasteiger partial charge in [-0.15, -0.1) is 0 Å². The van der Waals surface area contributed by atoms with Crippen LogP contribution in [0, 0.1) is 0 Å². The molecule has 0 spiro atoms. The van der Waals surface area contributed by atoms with Gasteiger partial charge >= 0.3 is 5.97 Å². The van der Waals surface area contributed by atoms with Gasteiger partial charge in [0, 0.05) is 17.7 Å². The Balaban J connectivity index is 2.56. The summed E-state index contributed by atoms with van der Waals surface area (Å²) in [5.41, 5.74) is 0.478. The normalized spacial score (nSPS) is 12.4. The van der Waals surface area contributed by atoms with E-state index in [4.69, 9.17) is 15.3 Å². The number of carboxylic acids is 1. The highest BCUT2D eigenvalue weighted by Gasteiger charge is 2.11. The van der Waals surface area contributed by atoms with Crippen LogP contribution in [-0.4, -0.2) is 49.7 Å². The van der Waals surface area contributed by atoms with Gasteiger partial charge in [-0.25, -0.2) is 14.8 Å². The first kappa shape index (κ1) is 12.9. The highest BCUT2D eigenvalue weighted by Crippen LogP contribution is 2.14. The third-order valence-corrected chi connectivity index (χ3v) is 2.88. The molecule has 1 rings (SSSR count). The number of aromatic nitrogens is 2. The van der Waals surface area contributed by atoms with Crippen LogP contribution < -0.4 is 0 Å². The Labute approximate surface area is 96.4 Å². The molecule has 16 heavy (non-hydrogen) atoms. The Kier molecular flexibility index (Phi) is 5.17. The van der Waals surface area contributed by atoms with E-state index in [0.717, 1.165) is 0 Å². The SMILES string of the molecule is O=C(O)c1cncnc1CSCC(O)CO. The maximum absolute atomic E-state index is 10.8. The van der Waals surface area contributed by atoms with Gasteiger partial charge in [-0.3, -0.25) is 0 Å². The fourth-order valence-electron chi connectivity index (χ4n) is 0.993. The minimum Gasteiger partial charge on any atom is -0.478 e. The fraction of sp³-hybridized carbons (Fsp3) is 0.444. The molecular formula is C9H12N2O4S. The third-order valence-electron chi connectivity index (χ3n) is 1.78. The minimum absolute atomic E-state index is 0.0634. The van der Waals surface area contributed by atoms with Gasteiger partial charge in [-0.1, -0.05) is 0 Å². The van der Waals surface area contributed by atoms with Crippen LogP contribution in [0.4, 0.5) is 0 Å². The number of aliphatic hydroxyl groups is 2. The van der Waals surface area contributed by atoms with E-state index in [1.165, 1.54) is 24.3 Å². The van der Waals surface area contributed by atoms with Crippen LogP contribution in [0.25, 0.3) is 0 Å². The summed E-state index contributed by atoms with van der Waals surface area (Å²) in [7, 11) is 0. The number of thioether (sulfide) groups is 1. The number of aromatic carboxylic acids is 1. The zero-order chi connectivity index (χ0) is 12.0. The summed E-state index contributed by atoms with van der Waals surface area (Å²) in [4.78, 5) is 18.3. The van der Waals surface area contributed by atoms with Crippen LogP contribution in [0.2, 0.25) is 0 Å². The van der Waals surface area contributed by atoms with Gasteiger partial charge in [0.25, 0.3) is 0 Å². The molecule has 0 saturated heterocycles. The summed E-state index contributed by atoms with van der Waals surface area (Å²) in [6.45, 7) is -0.303. The zero-order valence-corrected chi connectivity index (χ0v) is 9.22. The maximum atomic E-state index is 10.8. The lowest BCUT2D eigenvalue weighted by Gasteiger charge is -2.07. The molecule has 0 bridgehead atoms. The van der Waals surface area contributed by atoms with E-state index >= 15 is 0 Å². The molecule has 1 aromatic heterocycles. The number of aliphatic hydroxyl groups excluding tert-OH is 2. The minimum atomic E-state index is -1.07. The molecule has 0 radical (unpaired) electrons. The van der Waals surface area contributed by atoms with Crippen LogP contribution in [0.3, 0.4) is 0 Å². The number of rotatable bonds is 6. The molecule has 0 fully saturated rings. The van der Waals surface area contributed by atoms with Crippen LogP contribution >= 0.6 is 11.8 Å². The molecule has 6 nitrogen and oxygen atoms in total. The van der Waals surface area contributed by atoms with Crippen molar-refractivity contribution in [3.63, 3.8) is 0 Å². The number of nitrogens with zero attached hydrogens (tertiary/aromatic N) is 2. The van der Waals surface area contributed by atoms with Crippen LogP contribution in [-0.2, 0) is 5.75 Å². The summed E-state index contributed by atoms with van der Waals surface area (Å²) in [6, 6.07) is 0. The predicted molar refractivity (Wildman–Crippen MR) is 58.2 cm³/mol. The van der Waals surface area contributed by atoms with Crippen molar-refractivity contribution < 1.29 is 20.1 Å². The average molecular weight is 244 g/mol. The Morgan fingerprint density at radius 3 is 2.94 bits per heavy atom. The topological polar surface area (TPSA) is 104 Å². The first-order valence-electron chi connectivity index (χ1n) is 4.54. The highest BCUT2D eigenvalue weighted by atomic mass is 32.2. The summed E-state index contributed by atoms with van der Waals surface area (Å²) >= 11 is 1.31. The first-order chi connectivity index (χ1) is 7.65. The fourth-order valence-corrected chi connectivity index (χ4v) is 1.91. The first-order valence-corrected chi connectivity index (χ1v) is 5.69. The summed E-state index contributed by atoms with van der Waals surface area (Å²) in [5.74, 6) is -0.375. The second-order valence-electron chi connectivity index (χ2n) is 3.04. The van der Waals surface area contributed by atoms with Gasteiger partial charge in [-0.05, 0) is 0 Å². The molecule has 0 saturated carbocycles. The van der Waals surface area contributed by atoms with E-state index in [0.29, 0.717) is 17.2 Å². The quantitative estimate of drug-likeness (QED) is 0.634. The molecule has 0 amide bonds. The summed E-state index contributed by atoms with van der Waals surface area (Å²) in [5, 5.41) is 26.5. The molecule has 0 aliphatic heterocycles. The number of hydrogen-bond acceptors (Lipinski definition) is 6. The van der Waals surface area contributed by atoms with Crippen molar-refractivity contribution in [2.45, 2.75) is 11.9 Å². The van der Waals surface area contributed by atoms with Crippen LogP contribution in [0.1, 0.15) is 16.1 Å². The monoisotopic (exact) mass is 244 g/mol. The van der Waals surface area contributed by atoms with Crippen molar-refractivity contribution in [2.24, 2.45) is 0 Å². The Bertz CT molecular complexity index is 361. The lowest BCUT2D eigenvalue weighted by Crippen LogP contribution is -2.15. The van der Waals surface area contributed by atoms with Crippen molar-refractivity contribution in [1.82, 2.24) is 9.97 Å². The molecule has 88 valence electrons. The second kappa shape index (κ2) is 6.41. The third kappa shape index (κ3) is 3.76. The Hall–Kier alpha value is -1.18. The molecule has 0 aromatic carbocycles. The van der Waals surface area contributed by atoms with Crippen molar-refractivity contribution in [2.75, 3.05) is 12.4 Å². The van der Waals surface area contributed by atoms with Gasteiger partial charge < -0.3 is 15.3 Å². The predicted octanol–water partition coefficient (Wildman–Crippen LogP) is -0.239. The lowest BCUT2D eigenvalue weighted by molar-refractivity contribution is 0.0695. The van der Waals surface area contributed by atoms with Gasteiger partial charge in [-0.2, -0.15) is 11.8 Å². The summed E-state index contributed by atoms with van der Waals surface area (Å²) < 4.78 is 0. The van der Waals surface area contributed by atoms with E-state index in [-0.39, 0.29) is 12.2 Å². The van der Waals surface area contributed by atoms with Gasteiger partial charge in [0.1, 0.15) is 11.9 Å². The van der Waals surface area contributed by atoms with Gasteiger partial charge in [0.05, 0.1) is 18.4 Å². The van der Waals surface area contributed by atoms with Crippen molar-refractivity contribution in [3.05, 3.63) is 23.8 Å². The second-order valence-corrected chi connectivity index (χ2v) is 4.07. The highest BCUT2D eigenvalue weighted by molar-refractivity contribution is 7.98. The van der Waals surface area contributed by atoms with E-state index in [1.54, 1.807) is 0 Å². The number of carboxylic acid groups (broad SMARTS) is 1. The van der Waals surface area contributed by atoms with E-state index < -0.39 is 12.1 Å². The molecule has 0 aliphatic rings. The number of carbonyl (C=O) groups is 1.